The Bertz CT molecular complexity index is 517. The van der Waals surface area contributed by atoms with E-state index in [0.29, 0.717) is 12.2 Å². The Kier molecular flexibility index (Phi) is 5.16. The summed E-state index contributed by atoms with van der Waals surface area (Å²) in [6, 6.07) is 0. The van der Waals surface area contributed by atoms with Crippen LogP contribution in [0.5, 0.6) is 0 Å². The molecule has 0 bridgehead atoms. The van der Waals surface area contributed by atoms with Gasteiger partial charge in [0.05, 0.1) is 24.8 Å². The normalized spacial score (nSPS) is 11.5. The fourth-order valence-electron chi connectivity index (χ4n) is 1.64. The molecule has 0 spiro atoms. The van der Waals surface area contributed by atoms with Crippen molar-refractivity contribution in [1.82, 2.24) is 9.55 Å². The van der Waals surface area contributed by atoms with Crippen LogP contribution in [0.1, 0.15) is 39.2 Å². The molecule has 0 saturated carbocycles. The molecule has 0 aliphatic heterocycles. The van der Waals surface area contributed by atoms with Gasteiger partial charge in [0, 0.05) is 0 Å². The second-order valence-electron chi connectivity index (χ2n) is 4.69. The number of nitrogens with one attached hydrogen (secondary N) is 1. The van der Waals surface area contributed by atoms with E-state index >= 15 is 0 Å². The highest BCUT2D eigenvalue weighted by atomic mass is 35.5. The summed E-state index contributed by atoms with van der Waals surface area (Å²) >= 11 is 5.89. The zero-order valence-electron chi connectivity index (χ0n) is 11.1. The predicted molar refractivity (Wildman–Crippen MR) is 71.5 cm³/mol. The van der Waals surface area contributed by atoms with Gasteiger partial charge in [-0.25, -0.2) is 4.79 Å². The number of hydrogen-bond acceptors (Lipinski definition) is 3. The van der Waals surface area contributed by atoms with E-state index in [1.54, 1.807) is 0 Å². The van der Waals surface area contributed by atoms with Crippen LogP contribution in [0.25, 0.3) is 0 Å². The standard InChI is InChI=1S/C12H19ClN2O3/c1-7(2)9-10(13)14-12(17)15(11(9)16)5-6-18-8(3)4/h7-8H,5-6H2,1-4H3,(H,14,17). The number of rotatable bonds is 5. The fourth-order valence-corrected chi connectivity index (χ4v) is 2.02. The van der Waals surface area contributed by atoms with Crippen LogP contribution >= 0.6 is 11.6 Å². The number of H-pyrrole nitrogens is 1. The first-order chi connectivity index (χ1) is 8.34. The second-order valence-corrected chi connectivity index (χ2v) is 5.07. The van der Waals surface area contributed by atoms with Crippen molar-refractivity contribution in [2.24, 2.45) is 0 Å². The molecule has 1 aromatic heterocycles. The molecule has 0 radical (unpaired) electrons. The summed E-state index contributed by atoms with van der Waals surface area (Å²) in [5, 5.41) is 0.126. The lowest BCUT2D eigenvalue weighted by Crippen LogP contribution is -2.39. The van der Waals surface area contributed by atoms with E-state index in [2.05, 4.69) is 4.98 Å². The molecule has 1 rings (SSSR count). The number of halogens is 1. The summed E-state index contributed by atoms with van der Waals surface area (Å²) in [6.07, 6.45) is 0.0663. The van der Waals surface area contributed by atoms with Gasteiger partial charge in [-0.3, -0.25) is 14.3 Å². The molecule has 0 amide bonds. The number of aromatic nitrogens is 2. The number of nitrogens with zero attached hydrogens (tertiary/aromatic N) is 1. The van der Waals surface area contributed by atoms with Crippen molar-refractivity contribution in [2.45, 2.75) is 46.3 Å². The third-order valence-corrected chi connectivity index (χ3v) is 2.82. The lowest BCUT2D eigenvalue weighted by Gasteiger charge is -2.12. The molecule has 1 heterocycles. The van der Waals surface area contributed by atoms with Gasteiger partial charge in [0.25, 0.3) is 5.56 Å². The van der Waals surface area contributed by atoms with Crippen molar-refractivity contribution in [3.63, 3.8) is 0 Å². The van der Waals surface area contributed by atoms with E-state index in [1.807, 2.05) is 27.7 Å². The monoisotopic (exact) mass is 274 g/mol. The van der Waals surface area contributed by atoms with Gasteiger partial charge < -0.3 is 4.74 Å². The molecule has 18 heavy (non-hydrogen) atoms. The smallest absolute Gasteiger partial charge is 0.329 e. The fraction of sp³-hybridized carbons (Fsp3) is 0.667. The Hall–Kier alpha value is -1.07. The van der Waals surface area contributed by atoms with Gasteiger partial charge >= 0.3 is 5.69 Å². The van der Waals surface area contributed by atoms with E-state index in [0.717, 1.165) is 4.57 Å². The summed E-state index contributed by atoms with van der Waals surface area (Å²) in [5.41, 5.74) is -0.409. The number of ether oxygens (including phenoxy) is 1. The minimum absolute atomic E-state index is 0.0425. The molecular weight excluding hydrogens is 256 g/mol. The minimum atomic E-state index is -0.498. The van der Waals surface area contributed by atoms with Gasteiger partial charge in [0.2, 0.25) is 0 Å². The van der Waals surface area contributed by atoms with Crippen LogP contribution in [0.2, 0.25) is 5.15 Å². The van der Waals surface area contributed by atoms with Crippen LogP contribution in [-0.4, -0.2) is 22.3 Å². The van der Waals surface area contributed by atoms with Crippen molar-refractivity contribution in [2.75, 3.05) is 6.61 Å². The predicted octanol–water partition coefficient (Wildman–Crippen LogP) is 1.74. The van der Waals surface area contributed by atoms with Crippen LogP contribution < -0.4 is 11.2 Å². The molecule has 5 nitrogen and oxygen atoms in total. The van der Waals surface area contributed by atoms with Crippen LogP contribution in [0.4, 0.5) is 0 Å². The van der Waals surface area contributed by atoms with Gasteiger partial charge in [0.15, 0.2) is 0 Å². The molecule has 0 atom stereocenters. The number of aromatic amines is 1. The first-order valence-corrected chi connectivity index (χ1v) is 6.36. The Morgan fingerprint density at radius 2 is 1.89 bits per heavy atom. The van der Waals surface area contributed by atoms with Gasteiger partial charge in [-0.1, -0.05) is 25.4 Å². The molecule has 102 valence electrons. The molecule has 0 unspecified atom stereocenters. The first kappa shape index (κ1) is 15.0. The minimum Gasteiger partial charge on any atom is -0.377 e. The lowest BCUT2D eigenvalue weighted by molar-refractivity contribution is 0.0715. The molecule has 0 aromatic carbocycles. The van der Waals surface area contributed by atoms with Gasteiger partial charge in [-0.15, -0.1) is 0 Å². The molecule has 0 saturated heterocycles. The van der Waals surface area contributed by atoms with Gasteiger partial charge in [-0.2, -0.15) is 0 Å². The molecule has 1 N–H and O–H groups in total. The highest BCUT2D eigenvalue weighted by Crippen LogP contribution is 2.16. The zero-order chi connectivity index (χ0) is 13.9. The summed E-state index contributed by atoms with van der Waals surface area (Å²) in [6.45, 7) is 8.05. The molecule has 6 heteroatoms. The van der Waals surface area contributed by atoms with Gasteiger partial charge in [0.1, 0.15) is 5.15 Å². The van der Waals surface area contributed by atoms with Crippen LogP contribution in [-0.2, 0) is 11.3 Å². The maximum absolute atomic E-state index is 12.1. The largest absolute Gasteiger partial charge is 0.377 e. The van der Waals surface area contributed by atoms with Crippen molar-refractivity contribution < 1.29 is 4.74 Å². The topological polar surface area (TPSA) is 64.1 Å². The molecule has 0 fully saturated rings. The van der Waals surface area contributed by atoms with Crippen molar-refractivity contribution in [3.8, 4) is 0 Å². The number of hydrogen-bond donors (Lipinski definition) is 1. The van der Waals surface area contributed by atoms with Crippen LogP contribution in [0.15, 0.2) is 9.59 Å². The maximum atomic E-state index is 12.1. The summed E-state index contributed by atoms with van der Waals surface area (Å²) < 4.78 is 6.47. The highest BCUT2D eigenvalue weighted by Gasteiger charge is 2.15. The Labute approximate surface area is 111 Å². The zero-order valence-corrected chi connectivity index (χ0v) is 11.9. The Balaban J connectivity index is 3.09. The molecule has 0 aliphatic rings. The van der Waals surface area contributed by atoms with E-state index in [1.165, 1.54) is 0 Å². The SMILES string of the molecule is CC(C)OCCn1c(=O)[nH]c(Cl)c(C(C)C)c1=O. The van der Waals surface area contributed by atoms with Crippen LogP contribution in [0.3, 0.4) is 0 Å². The van der Waals surface area contributed by atoms with Gasteiger partial charge in [-0.05, 0) is 19.8 Å². The van der Waals surface area contributed by atoms with Crippen molar-refractivity contribution in [3.05, 3.63) is 31.6 Å². The molecule has 1 aromatic rings. The van der Waals surface area contributed by atoms with Crippen LogP contribution in [0, 0.1) is 0 Å². The van der Waals surface area contributed by atoms with E-state index in [4.69, 9.17) is 16.3 Å². The molecule has 0 aliphatic carbocycles. The lowest BCUT2D eigenvalue weighted by atomic mass is 10.1. The summed E-state index contributed by atoms with van der Waals surface area (Å²) in [7, 11) is 0. The quantitative estimate of drug-likeness (QED) is 0.832. The average molecular weight is 275 g/mol. The average Bonchev–Trinajstić information content (AvgIpc) is 2.21. The third kappa shape index (κ3) is 3.46. The Morgan fingerprint density at radius 3 is 2.39 bits per heavy atom. The second kappa shape index (κ2) is 6.20. The molecular formula is C12H19ClN2O3. The Morgan fingerprint density at radius 1 is 1.28 bits per heavy atom. The van der Waals surface area contributed by atoms with E-state index in [-0.39, 0.29) is 29.3 Å². The summed E-state index contributed by atoms with van der Waals surface area (Å²) in [5.74, 6) is -0.0425. The first-order valence-electron chi connectivity index (χ1n) is 5.98. The van der Waals surface area contributed by atoms with E-state index < -0.39 is 5.69 Å². The summed E-state index contributed by atoms with van der Waals surface area (Å²) in [4.78, 5) is 26.3. The third-order valence-electron chi connectivity index (χ3n) is 2.52. The highest BCUT2D eigenvalue weighted by molar-refractivity contribution is 6.30. The van der Waals surface area contributed by atoms with Crippen molar-refractivity contribution >= 4 is 11.6 Å². The maximum Gasteiger partial charge on any atom is 0.329 e. The van der Waals surface area contributed by atoms with E-state index in [9.17, 15) is 9.59 Å². The van der Waals surface area contributed by atoms with Crippen molar-refractivity contribution in [1.29, 1.82) is 0 Å².